The van der Waals surface area contributed by atoms with E-state index < -0.39 is 17.7 Å². The highest BCUT2D eigenvalue weighted by atomic mass is 19.1. The maximum absolute atomic E-state index is 13.3. The lowest BCUT2D eigenvalue weighted by atomic mass is 10.2. The van der Waals surface area contributed by atoms with Crippen molar-refractivity contribution in [3.8, 4) is 0 Å². The second-order valence-electron chi connectivity index (χ2n) is 3.66. The van der Waals surface area contributed by atoms with Crippen molar-refractivity contribution in [3.05, 3.63) is 41.1 Å². The SMILES string of the molecule is C/C=C(/NC(=O)c1cc(F)cc(CC)n1)C(=O)OC. The molecule has 0 spiro atoms. The highest BCUT2D eigenvalue weighted by Gasteiger charge is 2.16. The summed E-state index contributed by atoms with van der Waals surface area (Å²) in [7, 11) is 1.20. The van der Waals surface area contributed by atoms with Gasteiger partial charge in [-0.1, -0.05) is 13.0 Å². The second kappa shape index (κ2) is 6.63. The zero-order valence-electron chi connectivity index (χ0n) is 11.0. The number of hydrogen-bond donors (Lipinski definition) is 1. The van der Waals surface area contributed by atoms with Gasteiger partial charge in [0.1, 0.15) is 17.2 Å². The third kappa shape index (κ3) is 3.87. The van der Waals surface area contributed by atoms with Crippen molar-refractivity contribution >= 4 is 11.9 Å². The van der Waals surface area contributed by atoms with Crippen LogP contribution in [0, 0.1) is 5.82 Å². The number of esters is 1. The highest BCUT2D eigenvalue weighted by Crippen LogP contribution is 2.06. The molecule has 0 aliphatic rings. The van der Waals surface area contributed by atoms with E-state index in [0.29, 0.717) is 12.1 Å². The van der Waals surface area contributed by atoms with Gasteiger partial charge < -0.3 is 10.1 Å². The Balaban J connectivity index is 2.95. The molecule has 0 aromatic carbocycles. The van der Waals surface area contributed by atoms with Gasteiger partial charge in [0.2, 0.25) is 0 Å². The number of carbonyl (C=O) groups excluding carboxylic acids is 2. The topological polar surface area (TPSA) is 68.3 Å². The summed E-state index contributed by atoms with van der Waals surface area (Å²) in [5, 5.41) is 2.33. The minimum absolute atomic E-state index is 0.0170. The maximum Gasteiger partial charge on any atom is 0.354 e. The molecular weight excluding hydrogens is 251 g/mol. The predicted octanol–water partition coefficient (Wildman–Crippen LogP) is 1.59. The van der Waals surface area contributed by atoms with Gasteiger partial charge in [-0.05, 0) is 19.4 Å². The standard InChI is InChI=1S/C13H15FN2O3/c1-4-9-6-8(14)7-11(15-9)12(17)16-10(5-2)13(18)19-3/h5-7H,4H2,1-3H3,(H,16,17)/b10-5+. The van der Waals surface area contributed by atoms with E-state index in [-0.39, 0.29) is 11.4 Å². The number of allylic oxidation sites excluding steroid dienone is 1. The molecule has 0 bridgehead atoms. The van der Waals surface area contributed by atoms with Gasteiger partial charge >= 0.3 is 5.97 Å². The predicted molar refractivity (Wildman–Crippen MR) is 66.8 cm³/mol. The van der Waals surface area contributed by atoms with Crippen molar-refractivity contribution in [2.75, 3.05) is 7.11 Å². The molecule has 1 heterocycles. The van der Waals surface area contributed by atoms with Crippen LogP contribution in [0.1, 0.15) is 30.0 Å². The summed E-state index contributed by atoms with van der Waals surface area (Å²) in [6.07, 6.45) is 1.90. The Morgan fingerprint density at radius 2 is 2.16 bits per heavy atom. The Kier molecular flexibility index (Phi) is 5.17. The fourth-order valence-corrected chi connectivity index (χ4v) is 1.39. The van der Waals surface area contributed by atoms with Crippen LogP contribution >= 0.6 is 0 Å². The molecule has 0 radical (unpaired) electrons. The van der Waals surface area contributed by atoms with Crippen molar-refractivity contribution in [2.45, 2.75) is 20.3 Å². The number of amides is 1. The van der Waals surface area contributed by atoms with Crippen LogP contribution in [0.3, 0.4) is 0 Å². The number of carbonyl (C=O) groups is 2. The van der Waals surface area contributed by atoms with Crippen LogP contribution in [0.2, 0.25) is 0 Å². The van der Waals surface area contributed by atoms with E-state index in [0.717, 1.165) is 6.07 Å². The number of nitrogens with one attached hydrogen (secondary N) is 1. The number of rotatable bonds is 4. The number of aromatic nitrogens is 1. The van der Waals surface area contributed by atoms with Gasteiger partial charge in [-0.3, -0.25) is 4.79 Å². The summed E-state index contributed by atoms with van der Waals surface area (Å²) in [4.78, 5) is 27.2. The number of ether oxygens (including phenoxy) is 1. The van der Waals surface area contributed by atoms with Crippen molar-refractivity contribution < 1.29 is 18.7 Å². The first-order chi connectivity index (χ1) is 9.01. The van der Waals surface area contributed by atoms with Crippen LogP contribution in [-0.4, -0.2) is 24.0 Å². The lowest BCUT2D eigenvalue weighted by Crippen LogP contribution is -2.29. The Bertz CT molecular complexity index is 527. The van der Waals surface area contributed by atoms with Crippen LogP contribution in [0.4, 0.5) is 4.39 Å². The van der Waals surface area contributed by atoms with Gasteiger partial charge in [0.05, 0.1) is 7.11 Å². The first-order valence-electron chi connectivity index (χ1n) is 5.74. The van der Waals surface area contributed by atoms with E-state index in [1.54, 1.807) is 13.8 Å². The summed E-state index contributed by atoms with van der Waals surface area (Å²) in [5.74, 6) is -1.88. The summed E-state index contributed by atoms with van der Waals surface area (Å²) in [6, 6.07) is 2.27. The third-order valence-electron chi connectivity index (χ3n) is 2.38. The second-order valence-corrected chi connectivity index (χ2v) is 3.66. The van der Waals surface area contributed by atoms with E-state index in [1.807, 2.05) is 0 Å². The van der Waals surface area contributed by atoms with Crippen LogP contribution in [0.15, 0.2) is 23.9 Å². The molecular formula is C13H15FN2O3. The van der Waals surface area contributed by atoms with Gasteiger partial charge in [0, 0.05) is 11.8 Å². The van der Waals surface area contributed by atoms with Crippen molar-refractivity contribution in [1.82, 2.24) is 10.3 Å². The number of aryl methyl sites for hydroxylation is 1. The smallest absolute Gasteiger partial charge is 0.354 e. The largest absolute Gasteiger partial charge is 0.464 e. The van der Waals surface area contributed by atoms with E-state index in [4.69, 9.17) is 0 Å². The number of halogens is 1. The third-order valence-corrected chi connectivity index (χ3v) is 2.38. The van der Waals surface area contributed by atoms with Crippen LogP contribution in [0.5, 0.6) is 0 Å². The van der Waals surface area contributed by atoms with Gasteiger partial charge in [0.25, 0.3) is 5.91 Å². The van der Waals surface area contributed by atoms with Gasteiger partial charge in [0.15, 0.2) is 0 Å². The first kappa shape index (κ1) is 14.8. The van der Waals surface area contributed by atoms with Crippen LogP contribution in [-0.2, 0) is 16.0 Å². The van der Waals surface area contributed by atoms with Crippen molar-refractivity contribution in [2.24, 2.45) is 0 Å². The first-order valence-corrected chi connectivity index (χ1v) is 5.74. The Morgan fingerprint density at radius 1 is 1.47 bits per heavy atom. The fourth-order valence-electron chi connectivity index (χ4n) is 1.39. The van der Waals surface area contributed by atoms with Crippen LogP contribution < -0.4 is 5.32 Å². The highest BCUT2D eigenvalue weighted by molar-refractivity contribution is 5.99. The monoisotopic (exact) mass is 266 g/mol. The Labute approximate surface area is 110 Å². The molecule has 0 aliphatic heterocycles. The molecule has 1 aromatic heterocycles. The average molecular weight is 266 g/mol. The van der Waals surface area contributed by atoms with Gasteiger partial charge in [-0.15, -0.1) is 0 Å². The minimum Gasteiger partial charge on any atom is -0.464 e. The van der Waals surface area contributed by atoms with Crippen LogP contribution in [0.25, 0.3) is 0 Å². The molecule has 1 amide bonds. The summed E-state index contributed by atoms with van der Waals surface area (Å²) < 4.78 is 17.8. The molecule has 0 saturated carbocycles. The molecule has 19 heavy (non-hydrogen) atoms. The zero-order chi connectivity index (χ0) is 14.4. The summed E-state index contributed by atoms with van der Waals surface area (Å²) in [6.45, 7) is 3.37. The maximum atomic E-state index is 13.3. The average Bonchev–Trinajstić information content (AvgIpc) is 2.42. The molecule has 0 fully saturated rings. The molecule has 1 N–H and O–H groups in total. The molecule has 102 valence electrons. The number of hydrogen-bond acceptors (Lipinski definition) is 4. The number of pyridine rings is 1. The quantitative estimate of drug-likeness (QED) is 0.663. The van der Waals surface area contributed by atoms with E-state index in [1.165, 1.54) is 19.3 Å². The van der Waals surface area contributed by atoms with E-state index in [9.17, 15) is 14.0 Å². The summed E-state index contributed by atoms with van der Waals surface area (Å²) in [5.41, 5.74) is 0.363. The molecule has 1 rings (SSSR count). The van der Waals surface area contributed by atoms with Gasteiger partial charge in [-0.25, -0.2) is 14.2 Å². The normalized spacial score (nSPS) is 11.1. The molecule has 1 aromatic rings. The molecule has 5 nitrogen and oxygen atoms in total. The Morgan fingerprint density at radius 3 is 2.68 bits per heavy atom. The molecule has 0 atom stereocenters. The lowest BCUT2D eigenvalue weighted by molar-refractivity contribution is -0.136. The number of nitrogens with zero attached hydrogens (tertiary/aromatic N) is 1. The molecule has 0 unspecified atom stereocenters. The summed E-state index contributed by atoms with van der Waals surface area (Å²) >= 11 is 0. The van der Waals surface area contributed by atoms with E-state index in [2.05, 4.69) is 15.0 Å². The molecule has 0 aliphatic carbocycles. The van der Waals surface area contributed by atoms with Crippen molar-refractivity contribution in [3.63, 3.8) is 0 Å². The zero-order valence-corrected chi connectivity index (χ0v) is 11.0. The number of methoxy groups -OCH3 is 1. The fraction of sp³-hybridized carbons (Fsp3) is 0.308. The lowest BCUT2D eigenvalue weighted by Gasteiger charge is -2.08. The molecule has 0 saturated heterocycles. The minimum atomic E-state index is -0.678. The Hall–Kier alpha value is -2.24. The molecule has 6 heteroatoms. The van der Waals surface area contributed by atoms with E-state index >= 15 is 0 Å². The van der Waals surface area contributed by atoms with Gasteiger partial charge in [-0.2, -0.15) is 0 Å². The van der Waals surface area contributed by atoms with Crippen molar-refractivity contribution in [1.29, 1.82) is 0 Å².